The normalized spacial score (nSPS) is 16.5. The van der Waals surface area contributed by atoms with Gasteiger partial charge in [-0.05, 0) is 25.3 Å². The molecule has 0 saturated carbocycles. The van der Waals surface area contributed by atoms with Crippen molar-refractivity contribution in [2.75, 3.05) is 25.1 Å². The smallest absolute Gasteiger partial charge is 0.227 e. The molecule has 2 heterocycles. The van der Waals surface area contributed by atoms with E-state index in [0.29, 0.717) is 11.8 Å². The van der Waals surface area contributed by atoms with Gasteiger partial charge in [-0.25, -0.2) is 9.97 Å². The molecule has 0 bridgehead atoms. The molecule has 0 N–H and O–H groups in total. The van der Waals surface area contributed by atoms with Gasteiger partial charge in [-0.1, -0.05) is 11.6 Å². The van der Waals surface area contributed by atoms with Crippen molar-refractivity contribution < 1.29 is 4.74 Å². The Hall–Kier alpha value is -0.870. The molecule has 0 aromatic carbocycles. The molecule has 1 aromatic rings. The predicted octanol–water partition coefficient (Wildman–Crippen LogP) is 2.27. The van der Waals surface area contributed by atoms with Crippen LogP contribution in [0, 0.1) is 0 Å². The minimum atomic E-state index is 0.475. The van der Waals surface area contributed by atoms with Gasteiger partial charge >= 0.3 is 0 Å². The highest BCUT2D eigenvalue weighted by Gasteiger charge is 2.14. The fraction of sp³-hybridized carbons (Fsp3) is 0.636. The fourth-order valence-electron chi connectivity index (χ4n) is 1.91. The molecule has 1 saturated heterocycles. The summed E-state index contributed by atoms with van der Waals surface area (Å²) in [5, 5.41) is 0.489. The molecule has 0 unspecified atom stereocenters. The number of rotatable bonds is 3. The van der Waals surface area contributed by atoms with E-state index < -0.39 is 0 Å². The van der Waals surface area contributed by atoms with E-state index in [1.54, 1.807) is 13.2 Å². The van der Waals surface area contributed by atoms with Crippen LogP contribution in [-0.2, 0) is 11.3 Å². The van der Waals surface area contributed by atoms with Gasteiger partial charge in [0.25, 0.3) is 0 Å². The molecule has 5 heteroatoms. The van der Waals surface area contributed by atoms with Gasteiger partial charge in [0.2, 0.25) is 5.95 Å². The summed E-state index contributed by atoms with van der Waals surface area (Å²) in [5.41, 5.74) is 0.836. The zero-order chi connectivity index (χ0) is 11.4. The summed E-state index contributed by atoms with van der Waals surface area (Å²) in [4.78, 5) is 10.9. The van der Waals surface area contributed by atoms with E-state index in [1.807, 2.05) is 0 Å². The van der Waals surface area contributed by atoms with Crippen LogP contribution >= 0.6 is 11.6 Å². The van der Waals surface area contributed by atoms with Crippen molar-refractivity contribution in [3.63, 3.8) is 0 Å². The first kappa shape index (κ1) is 11.6. The average Bonchev–Trinajstić information content (AvgIpc) is 2.30. The summed E-state index contributed by atoms with van der Waals surface area (Å²) < 4.78 is 5.06. The number of piperidine rings is 1. The first-order valence-corrected chi connectivity index (χ1v) is 5.95. The van der Waals surface area contributed by atoms with Crippen LogP contribution in [0.5, 0.6) is 0 Å². The van der Waals surface area contributed by atoms with Crippen LogP contribution in [0.15, 0.2) is 6.07 Å². The molecule has 4 nitrogen and oxygen atoms in total. The highest BCUT2D eigenvalue weighted by Crippen LogP contribution is 2.18. The maximum Gasteiger partial charge on any atom is 0.227 e. The van der Waals surface area contributed by atoms with Gasteiger partial charge in [0.15, 0.2) is 0 Å². The first-order valence-electron chi connectivity index (χ1n) is 5.57. The quantitative estimate of drug-likeness (QED) is 0.761. The lowest BCUT2D eigenvalue weighted by Gasteiger charge is -2.26. The van der Waals surface area contributed by atoms with Crippen molar-refractivity contribution in [1.82, 2.24) is 9.97 Å². The molecule has 2 rings (SSSR count). The molecule has 1 aliphatic rings. The number of halogens is 1. The van der Waals surface area contributed by atoms with E-state index in [9.17, 15) is 0 Å². The highest BCUT2D eigenvalue weighted by molar-refractivity contribution is 6.29. The van der Waals surface area contributed by atoms with Gasteiger partial charge in [-0.3, -0.25) is 0 Å². The third-order valence-corrected chi connectivity index (χ3v) is 2.86. The van der Waals surface area contributed by atoms with Crippen molar-refractivity contribution in [3.05, 3.63) is 16.9 Å². The molecule has 88 valence electrons. The van der Waals surface area contributed by atoms with Gasteiger partial charge in [-0.2, -0.15) is 0 Å². The van der Waals surface area contributed by atoms with Crippen LogP contribution in [0.1, 0.15) is 25.0 Å². The topological polar surface area (TPSA) is 38.2 Å². The molecular formula is C11H16ClN3O. The lowest BCUT2D eigenvalue weighted by molar-refractivity contribution is 0.181. The van der Waals surface area contributed by atoms with E-state index >= 15 is 0 Å². The Morgan fingerprint density at radius 1 is 1.31 bits per heavy atom. The van der Waals surface area contributed by atoms with Crippen molar-refractivity contribution in [3.8, 4) is 0 Å². The zero-order valence-electron chi connectivity index (χ0n) is 9.45. The summed E-state index contributed by atoms with van der Waals surface area (Å²) in [7, 11) is 1.65. The number of hydrogen-bond acceptors (Lipinski definition) is 4. The van der Waals surface area contributed by atoms with E-state index in [1.165, 1.54) is 19.3 Å². The molecule has 0 radical (unpaired) electrons. The summed E-state index contributed by atoms with van der Waals surface area (Å²) >= 11 is 5.97. The molecular weight excluding hydrogens is 226 g/mol. The second-order valence-corrected chi connectivity index (χ2v) is 4.35. The second-order valence-electron chi connectivity index (χ2n) is 3.96. The Kier molecular flexibility index (Phi) is 3.96. The van der Waals surface area contributed by atoms with Gasteiger partial charge < -0.3 is 9.64 Å². The van der Waals surface area contributed by atoms with Gasteiger partial charge in [0.05, 0.1) is 12.3 Å². The standard InChI is InChI=1S/C11H16ClN3O/c1-16-8-9-7-10(12)14-11(13-9)15-5-3-2-4-6-15/h7H,2-6,8H2,1H3. The Morgan fingerprint density at radius 2 is 2.06 bits per heavy atom. The summed E-state index contributed by atoms with van der Waals surface area (Å²) in [6, 6.07) is 1.75. The van der Waals surface area contributed by atoms with Gasteiger partial charge in [-0.15, -0.1) is 0 Å². The Morgan fingerprint density at radius 3 is 2.75 bits per heavy atom. The molecule has 0 spiro atoms. The Bertz CT molecular complexity index is 353. The Labute approximate surface area is 101 Å². The number of nitrogens with zero attached hydrogens (tertiary/aromatic N) is 3. The van der Waals surface area contributed by atoms with E-state index in [-0.39, 0.29) is 0 Å². The van der Waals surface area contributed by atoms with Gasteiger partial charge in [0.1, 0.15) is 5.15 Å². The SMILES string of the molecule is COCc1cc(Cl)nc(N2CCCCC2)n1. The van der Waals surface area contributed by atoms with Crippen LogP contribution < -0.4 is 4.90 Å². The van der Waals surface area contributed by atoms with Crippen molar-refractivity contribution in [2.45, 2.75) is 25.9 Å². The zero-order valence-corrected chi connectivity index (χ0v) is 10.2. The fourth-order valence-corrected chi connectivity index (χ4v) is 2.11. The van der Waals surface area contributed by atoms with Crippen molar-refractivity contribution in [2.24, 2.45) is 0 Å². The number of hydrogen-bond donors (Lipinski definition) is 0. The second kappa shape index (κ2) is 5.46. The summed E-state index contributed by atoms with van der Waals surface area (Å²) in [6.07, 6.45) is 3.70. The largest absolute Gasteiger partial charge is 0.378 e. The van der Waals surface area contributed by atoms with E-state index in [2.05, 4.69) is 14.9 Å². The molecule has 16 heavy (non-hydrogen) atoms. The van der Waals surface area contributed by atoms with Crippen LogP contribution in [-0.4, -0.2) is 30.2 Å². The molecule has 0 atom stereocenters. The summed E-state index contributed by atoms with van der Waals surface area (Å²) in [6.45, 7) is 2.52. The minimum absolute atomic E-state index is 0.475. The number of ether oxygens (including phenoxy) is 1. The lowest BCUT2D eigenvalue weighted by Crippen LogP contribution is -2.31. The van der Waals surface area contributed by atoms with E-state index in [0.717, 1.165) is 24.7 Å². The van der Waals surface area contributed by atoms with Crippen LogP contribution in [0.4, 0.5) is 5.95 Å². The minimum Gasteiger partial charge on any atom is -0.378 e. The molecule has 0 aliphatic carbocycles. The first-order chi connectivity index (χ1) is 7.79. The predicted molar refractivity (Wildman–Crippen MR) is 63.8 cm³/mol. The molecule has 1 fully saturated rings. The van der Waals surface area contributed by atoms with Crippen LogP contribution in [0.3, 0.4) is 0 Å². The maximum absolute atomic E-state index is 5.97. The number of anilines is 1. The summed E-state index contributed by atoms with van der Waals surface area (Å²) in [5.74, 6) is 0.735. The molecule has 1 aromatic heterocycles. The highest BCUT2D eigenvalue weighted by atomic mass is 35.5. The Balaban J connectivity index is 2.18. The third kappa shape index (κ3) is 2.83. The van der Waals surface area contributed by atoms with Crippen molar-refractivity contribution >= 4 is 17.5 Å². The number of aromatic nitrogens is 2. The average molecular weight is 242 g/mol. The van der Waals surface area contributed by atoms with Gasteiger partial charge in [0, 0.05) is 20.2 Å². The van der Waals surface area contributed by atoms with E-state index in [4.69, 9.17) is 16.3 Å². The third-order valence-electron chi connectivity index (χ3n) is 2.67. The monoisotopic (exact) mass is 241 g/mol. The maximum atomic E-state index is 5.97. The molecule has 0 amide bonds. The number of methoxy groups -OCH3 is 1. The molecule has 1 aliphatic heterocycles. The van der Waals surface area contributed by atoms with Crippen LogP contribution in [0.2, 0.25) is 5.15 Å². The van der Waals surface area contributed by atoms with Crippen LogP contribution in [0.25, 0.3) is 0 Å². The van der Waals surface area contributed by atoms with Crippen molar-refractivity contribution in [1.29, 1.82) is 0 Å². The lowest BCUT2D eigenvalue weighted by atomic mass is 10.1.